The number of aromatic nitrogens is 3. The van der Waals surface area contributed by atoms with Gasteiger partial charge < -0.3 is 15.1 Å². The maximum Gasteiger partial charge on any atom is 0.261 e. The van der Waals surface area contributed by atoms with E-state index in [0.29, 0.717) is 22.4 Å². The zero-order valence-corrected chi connectivity index (χ0v) is 19.0. The van der Waals surface area contributed by atoms with E-state index in [1.165, 1.54) is 0 Å². The Kier molecular flexibility index (Phi) is 6.07. The molecule has 168 valence electrons. The van der Waals surface area contributed by atoms with Crippen LogP contribution in [0.25, 0.3) is 15.7 Å². The third kappa shape index (κ3) is 4.28. The van der Waals surface area contributed by atoms with Gasteiger partial charge in [0.1, 0.15) is 11.4 Å². The lowest BCUT2D eigenvalue weighted by atomic mass is 9.91. The lowest BCUT2D eigenvalue weighted by molar-refractivity contribution is 0.321. The van der Waals surface area contributed by atoms with Crippen molar-refractivity contribution < 1.29 is 8.42 Å². The molecule has 2 atom stereocenters. The van der Waals surface area contributed by atoms with E-state index in [2.05, 4.69) is 15.1 Å². The Morgan fingerprint density at radius 1 is 1.22 bits per heavy atom. The lowest BCUT2D eigenvalue weighted by Gasteiger charge is -2.24. The summed E-state index contributed by atoms with van der Waals surface area (Å²) in [4.78, 5) is 19.4. The van der Waals surface area contributed by atoms with Crippen LogP contribution in [0.3, 0.4) is 0 Å². The van der Waals surface area contributed by atoms with Crippen molar-refractivity contribution in [2.75, 3.05) is 11.1 Å². The first-order chi connectivity index (χ1) is 15.3. The van der Waals surface area contributed by atoms with E-state index in [1.54, 1.807) is 30.5 Å². The van der Waals surface area contributed by atoms with Crippen molar-refractivity contribution in [1.82, 2.24) is 14.8 Å². The van der Waals surface area contributed by atoms with Crippen LogP contribution < -0.4 is 10.9 Å². The number of nitrogens with zero attached hydrogens (tertiary/aromatic N) is 3. The van der Waals surface area contributed by atoms with E-state index in [1.807, 2.05) is 24.6 Å². The molecule has 32 heavy (non-hydrogen) atoms. The molecule has 9 heteroatoms. The van der Waals surface area contributed by atoms with Crippen LogP contribution in [0.2, 0.25) is 0 Å². The predicted molar refractivity (Wildman–Crippen MR) is 125 cm³/mol. The van der Waals surface area contributed by atoms with Crippen molar-refractivity contribution in [2.24, 2.45) is 5.92 Å². The fourth-order valence-electron chi connectivity index (χ4n) is 4.38. The molecule has 8 nitrogen and oxygen atoms in total. The quantitative estimate of drug-likeness (QED) is 0.542. The van der Waals surface area contributed by atoms with Crippen LogP contribution in [0, 0.1) is 12.5 Å². The molecule has 0 aliphatic heterocycles. The Morgan fingerprint density at radius 2 is 1.94 bits per heavy atom. The molecular formula is C23H27N5O3S. The van der Waals surface area contributed by atoms with Gasteiger partial charge in [-0.05, 0) is 49.1 Å². The summed E-state index contributed by atoms with van der Waals surface area (Å²) in [5.74, 6) is 0.529. The fourth-order valence-corrected chi connectivity index (χ4v) is 6.01. The standard InChI is InChI=1S/C23H27N5O3S/c1-15(2)14-32(30,31)17-10-8-16(9-11-17)26-22-21-20(12-13-25-23(21)29)28(27-22)19-7-5-4-6-18(19)24-3/h8-13,15,18-19H,4-7,14H2,1-2H3,(H,25,29)(H,26,27)/t18-,19-/m0/s1. The first-order valence-corrected chi connectivity index (χ1v) is 12.5. The molecule has 0 unspecified atom stereocenters. The van der Waals surface area contributed by atoms with Gasteiger partial charge in [0.25, 0.3) is 5.56 Å². The van der Waals surface area contributed by atoms with Gasteiger partial charge in [0.2, 0.25) is 6.04 Å². The van der Waals surface area contributed by atoms with Gasteiger partial charge in [-0.1, -0.05) is 20.3 Å². The molecule has 0 saturated heterocycles. The average molecular weight is 454 g/mol. The van der Waals surface area contributed by atoms with E-state index in [9.17, 15) is 13.2 Å². The molecule has 4 rings (SSSR count). The number of hydrogen-bond donors (Lipinski definition) is 2. The second-order valence-electron chi connectivity index (χ2n) is 8.73. The topological polar surface area (TPSA) is 101 Å². The van der Waals surface area contributed by atoms with E-state index < -0.39 is 9.84 Å². The zero-order chi connectivity index (χ0) is 22.9. The van der Waals surface area contributed by atoms with E-state index in [0.717, 1.165) is 25.7 Å². The maximum absolute atomic E-state index is 12.6. The Labute approximate surface area is 187 Å². The van der Waals surface area contributed by atoms with Crippen LogP contribution in [0.15, 0.2) is 46.2 Å². The number of pyridine rings is 1. The van der Waals surface area contributed by atoms with Crippen molar-refractivity contribution >= 4 is 32.2 Å². The predicted octanol–water partition coefficient (Wildman–Crippen LogP) is 4.30. The number of benzene rings is 1. The maximum atomic E-state index is 12.6. The molecule has 0 amide bonds. The Balaban J connectivity index is 1.70. The summed E-state index contributed by atoms with van der Waals surface area (Å²) in [6, 6.07) is 8.06. The molecule has 0 spiro atoms. The van der Waals surface area contributed by atoms with Gasteiger partial charge in [-0.3, -0.25) is 9.48 Å². The molecule has 1 fully saturated rings. The van der Waals surface area contributed by atoms with Crippen LogP contribution in [0.4, 0.5) is 11.5 Å². The molecule has 0 radical (unpaired) electrons. The van der Waals surface area contributed by atoms with E-state index in [4.69, 9.17) is 11.7 Å². The highest BCUT2D eigenvalue weighted by Crippen LogP contribution is 2.35. The Morgan fingerprint density at radius 3 is 2.62 bits per heavy atom. The van der Waals surface area contributed by atoms with Gasteiger partial charge in [-0.25, -0.2) is 15.0 Å². The van der Waals surface area contributed by atoms with Crippen molar-refractivity contribution in [1.29, 1.82) is 0 Å². The molecule has 1 saturated carbocycles. The van der Waals surface area contributed by atoms with Gasteiger partial charge >= 0.3 is 0 Å². The molecular weight excluding hydrogens is 426 g/mol. The summed E-state index contributed by atoms with van der Waals surface area (Å²) < 4.78 is 26.7. The first kappa shape index (κ1) is 22.1. The Hall–Kier alpha value is -3.12. The highest BCUT2D eigenvalue weighted by atomic mass is 32.2. The zero-order valence-electron chi connectivity index (χ0n) is 18.2. The molecule has 1 aromatic carbocycles. The average Bonchev–Trinajstić information content (AvgIpc) is 3.12. The van der Waals surface area contributed by atoms with Gasteiger partial charge in [-0.15, -0.1) is 0 Å². The number of H-pyrrole nitrogens is 1. The molecule has 1 aliphatic carbocycles. The second kappa shape index (κ2) is 8.79. The molecule has 0 bridgehead atoms. The molecule has 2 heterocycles. The van der Waals surface area contributed by atoms with Crippen LogP contribution in [-0.2, 0) is 9.84 Å². The normalized spacial score (nSPS) is 19.2. The first-order valence-electron chi connectivity index (χ1n) is 10.9. The summed E-state index contributed by atoms with van der Waals surface area (Å²) in [7, 11) is -3.34. The van der Waals surface area contributed by atoms with Crippen LogP contribution in [-0.4, -0.2) is 35.0 Å². The smallest absolute Gasteiger partial charge is 0.261 e. The molecule has 2 N–H and O–H groups in total. The van der Waals surface area contributed by atoms with Gasteiger partial charge in [0.05, 0.1) is 16.2 Å². The lowest BCUT2D eigenvalue weighted by Crippen LogP contribution is -2.26. The summed E-state index contributed by atoms with van der Waals surface area (Å²) in [5, 5.41) is 8.31. The van der Waals surface area contributed by atoms with Gasteiger partial charge in [-0.2, -0.15) is 5.10 Å². The largest absolute Gasteiger partial charge is 0.338 e. The highest BCUT2D eigenvalue weighted by Gasteiger charge is 2.33. The minimum atomic E-state index is -3.34. The third-order valence-electron chi connectivity index (χ3n) is 5.83. The number of aromatic amines is 1. The molecule has 1 aliphatic rings. The van der Waals surface area contributed by atoms with Crippen LogP contribution >= 0.6 is 0 Å². The van der Waals surface area contributed by atoms with Crippen LogP contribution in [0.1, 0.15) is 45.6 Å². The monoisotopic (exact) mass is 453 g/mol. The summed E-state index contributed by atoms with van der Waals surface area (Å²) in [6.45, 7) is 11.3. The summed E-state index contributed by atoms with van der Waals surface area (Å²) in [6.07, 6.45) is 5.32. The SMILES string of the molecule is [C-]#[N+][C@H]1CCCC[C@@H]1n1nc(Nc2ccc(S(=O)(=O)CC(C)C)cc2)c2c(=O)[nH]ccc21. The van der Waals surface area contributed by atoms with Crippen molar-refractivity contribution in [2.45, 2.75) is 56.5 Å². The Bertz CT molecular complexity index is 1320. The number of sulfone groups is 1. The third-order valence-corrected chi connectivity index (χ3v) is 7.93. The minimum Gasteiger partial charge on any atom is -0.338 e. The van der Waals surface area contributed by atoms with Crippen molar-refractivity contribution in [3.63, 3.8) is 0 Å². The number of rotatable bonds is 6. The van der Waals surface area contributed by atoms with Gasteiger partial charge in [0, 0.05) is 18.3 Å². The number of nitrogens with one attached hydrogen (secondary N) is 2. The minimum absolute atomic E-state index is 0.0407. The van der Waals surface area contributed by atoms with E-state index in [-0.39, 0.29) is 34.2 Å². The number of fused-ring (bicyclic) bond motifs is 1. The second-order valence-corrected chi connectivity index (χ2v) is 10.8. The summed E-state index contributed by atoms with van der Waals surface area (Å²) >= 11 is 0. The molecule has 3 aromatic rings. The van der Waals surface area contributed by atoms with Crippen molar-refractivity contribution in [3.8, 4) is 0 Å². The van der Waals surface area contributed by atoms with Crippen molar-refractivity contribution in [3.05, 3.63) is 58.3 Å². The van der Waals surface area contributed by atoms with Crippen LogP contribution in [0.5, 0.6) is 0 Å². The molecule has 2 aromatic heterocycles. The van der Waals surface area contributed by atoms with Gasteiger partial charge in [0.15, 0.2) is 15.7 Å². The van der Waals surface area contributed by atoms with E-state index >= 15 is 0 Å². The number of hydrogen-bond acceptors (Lipinski definition) is 5. The number of anilines is 2. The fraction of sp³-hybridized carbons (Fsp3) is 0.435. The highest BCUT2D eigenvalue weighted by molar-refractivity contribution is 7.91. The summed E-state index contributed by atoms with van der Waals surface area (Å²) in [5.41, 5.74) is 1.06.